The van der Waals surface area contributed by atoms with Gasteiger partial charge in [-0.15, -0.1) is 0 Å². The van der Waals surface area contributed by atoms with E-state index >= 15 is 0 Å². The van der Waals surface area contributed by atoms with Gasteiger partial charge in [0.05, 0.1) is 25.9 Å². The first-order valence-corrected chi connectivity index (χ1v) is 8.20. The van der Waals surface area contributed by atoms with Gasteiger partial charge in [0.25, 0.3) is 5.91 Å². The fraction of sp³-hybridized carbons (Fsp3) is 0.316. The fourth-order valence-electron chi connectivity index (χ4n) is 2.76. The van der Waals surface area contributed by atoms with Crippen LogP contribution in [0.2, 0.25) is 0 Å². The minimum Gasteiger partial charge on any atom is -0.497 e. The highest BCUT2D eigenvalue weighted by molar-refractivity contribution is 5.83. The number of fused-ring (bicyclic) bond motifs is 1. The van der Waals surface area contributed by atoms with Crippen molar-refractivity contribution in [2.45, 2.75) is 6.10 Å². The lowest BCUT2D eigenvalue weighted by molar-refractivity contribution is -0.127. The maximum Gasteiger partial charge on any atom is 0.262 e. The van der Waals surface area contributed by atoms with Crippen molar-refractivity contribution in [2.24, 2.45) is 0 Å². The number of hydrogen-bond acceptors (Lipinski definition) is 5. The lowest BCUT2D eigenvalue weighted by atomic mass is 10.2. The van der Waals surface area contributed by atoms with Crippen molar-refractivity contribution in [3.63, 3.8) is 0 Å². The van der Waals surface area contributed by atoms with Crippen LogP contribution in [0.5, 0.6) is 17.2 Å². The van der Waals surface area contributed by atoms with Crippen LogP contribution >= 0.6 is 0 Å². The fourth-order valence-corrected chi connectivity index (χ4v) is 2.76. The molecule has 1 aliphatic rings. The summed E-state index contributed by atoms with van der Waals surface area (Å²) >= 11 is 0. The number of nitrogens with zero attached hydrogens (tertiary/aromatic N) is 1. The van der Waals surface area contributed by atoms with Crippen LogP contribution in [0.4, 0.5) is 5.69 Å². The summed E-state index contributed by atoms with van der Waals surface area (Å²) in [5.41, 5.74) is 0.973. The first-order valence-electron chi connectivity index (χ1n) is 8.20. The summed E-state index contributed by atoms with van der Waals surface area (Å²) in [4.78, 5) is 14.1. The van der Waals surface area contributed by atoms with Crippen molar-refractivity contribution in [2.75, 3.05) is 38.8 Å². The van der Waals surface area contributed by atoms with Gasteiger partial charge in [-0.2, -0.15) is 0 Å². The third-order valence-corrected chi connectivity index (χ3v) is 4.09. The van der Waals surface area contributed by atoms with Crippen LogP contribution in [0.3, 0.4) is 0 Å². The van der Waals surface area contributed by atoms with E-state index in [0.29, 0.717) is 25.4 Å². The zero-order valence-corrected chi connectivity index (χ0v) is 14.4. The van der Waals surface area contributed by atoms with E-state index in [1.54, 1.807) is 14.2 Å². The van der Waals surface area contributed by atoms with Gasteiger partial charge in [-0.05, 0) is 36.4 Å². The van der Waals surface area contributed by atoms with Gasteiger partial charge in [-0.1, -0.05) is 12.1 Å². The van der Waals surface area contributed by atoms with Gasteiger partial charge >= 0.3 is 0 Å². The number of amides is 1. The lowest BCUT2D eigenvalue weighted by Gasteiger charge is -2.35. The van der Waals surface area contributed by atoms with E-state index in [2.05, 4.69) is 10.2 Å². The molecule has 0 aliphatic carbocycles. The largest absolute Gasteiger partial charge is 0.497 e. The second-order valence-corrected chi connectivity index (χ2v) is 5.66. The monoisotopic (exact) mass is 342 g/mol. The summed E-state index contributed by atoms with van der Waals surface area (Å²) in [6, 6.07) is 15.2. The predicted octanol–water partition coefficient (Wildman–Crippen LogP) is 2.09. The molecule has 6 heteroatoms. The van der Waals surface area contributed by atoms with E-state index in [1.165, 1.54) is 0 Å². The smallest absolute Gasteiger partial charge is 0.262 e. The zero-order valence-electron chi connectivity index (χ0n) is 14.4. The lowest BCUT2D eigenvalue weighted by Crippen LogP contribution is -2.49. The molecule has 2 aromatic rings. The summed E-state index contributed by atoms with van der Waals surface area (Å²) in [7, 11) is 3.25. The second-order valence-electron chi connectivity index (χ2n) is 5.66. The first-order chi connectivity index (χ1) is 12.2. The molecule has 0 aromatic heterocycles. The molecule has 0 saturated carbocycles. The van der Waals surface area contributed by atoms with E-state index in [9.17, 15) is 4.79 Å². The standard InChI is InChI=1S/C19H22N2O4/c1-20-19(22)18-13-21(16-5-3-4-6-17(16)25-18)11-12-24-15-9-7-14(23-2)8-10-15/h3-10,18H,11-13H2,1-2H3,(H,20,22)/t18-/m1/s1. The summed E-state index contributed by atoms with van der Waals surface area (Å²) in [5, 5.41) is 2.65. The van der Waals surface area contributed by atoms with E-state index in [1.807, 2.05) is 48.5 Å². The average molecular weight is 342 g/mol. The molecule has 3 rings (SSSR count). The Morgan fingerprint density at radius 1 is 1.20 bits per heavy atom. The zero-order chi connectivity index (χ0) is 17.6. The number of methoxy groups -OCH3 is 1. The van der Waals surface area contributed by atoms with Crippen molar-refractivity contribution in [3.05, 3.63) is 48.5 Å². The number of nitrogens with one attached hydrogen (secondary N) is 1. The summed E-state index contributed by atoms with van der Waals surface area (Å²) in [6.45, 7) is 1.64. The molecule has 6 nitrogen and oxygen atoms in total. The van der Waals surface area contributed by atoms with Crippen LogP contribution < -0.4 is 24.4 Å². The number of anilines is 1. The SMILES string of the molecule is CNC(=O)[C@H]1CN(CCOc2ccc(OC)cc2)c2ccccc2O1. The van der Waals surface area contributed by atoms with Crippen molar-refractivity contribution in [3.8, 4) is 17.2 Å². The molecule has 0 bridgehead atoms. The Kier molecular flexibility index (Phi) is 5.28. The highest BCUT2D eigenvalue weighted by atomic mass is 16.5. The quantitative estimate of drug-likeness (QED) is 0.871. The third-order valence-electron chi connectivity index (χ3n) is 4.09. The highest BCUT2D eigenvalue weighted by Crippen LogP contribution is 2.32. The Hall–Kier alpha value is -2.89. The highest BCUT2D eigenvalue weighted by Gasteiger charge is 2.29. The van der Waals surface area contributed by atoms with Crippen LogP contribution in [0.15, 0.2) is 48.5 Å². The Morgan fingerprint density at radius 3 is 2.64 bits per heavy atom. The molecule has 0 fully saturated rings. The van der Waals surface area contributed by atoms with Crippen LogP contribution in [-0.4, -0.2) is 45.9 Å². The Bertz CT molecular complexity index is 718. The number of rotatable bonds is 6. The number of hydrogen-bond donors (Lipinski definition) is 1. The van der Waals surface area contributed by atoms with E-state index in [0.717, 1.165) is 17.2 Å². The van der Waals surface area contributed by atoms with E-state index in [4.69, 9.17) is 14.2 Å². The maximum atomic E-state index is 12.0. The maximum absolute atomic E-state index is 12.0. The normalized spacial score (nSPS) is 15.8. The number of para-hydroxylation sites is 2. The molecule has 1 atom stereocenters. The van der Waals surface area contributed by atoms with Gasteiger partial charge in [0.15, 0.2) is 6.10 Å². The molecule has 25 heavy (non-hydrogen) atoms. The Morgan fingerprint density at radius 2 is 1.92 bits per heavy atom. The molecule has 1 amide bonds. The molecule has 0 radical (unpaired) electrons. The predicted molar refractivity (Wildman–Crippen MR) is 95.6 cm³/mol. The number of benzene rings is 2. The molecule has 2 aromatic carbocycles. The molecule has 132 valence electrons. The second kappa shape index (κ2) is 7.79. The minimum absolute atomic E-state index is 0.129. The van der Waals surface area contributed by atoms with Gasteiger partial charge < -0.3 is 24.4 Å². The van der Waals surface area contributed by atoms with Crippen LogP contribution in [0.1, 0.15) is 0 Å². The number of carbonyl (C=O) groups excluding carboxylic acids is 1. The number of likely N-dealkylation sites (N-methyl/N-ethyl adjacent to an activating group) is 1. The third kappa shape index (κ3) is 3.96. The van der Waals surface area contributed by atoms with Crippen LogP contribution in [0.25, 0.3) is 0 Å². The molecule has 0 saturated heterocycles. The molecule has 1 aliphatic heterocycles. The Labute approximate surface area is 147 Å². The van der Waals surface area contributed by atoms with E-state index in [-0.39, 0.29) is 5.91 Å². The van der Waals surface area contributed by atoms with Crippen molar-refractivity contribution < 1.29 is 19.0 Å². The molecular formula is C19H22N2O4. The van der Waals surface area contributed by atoms with Crippen molar-refractivity contribution in [1.82, 2.24) is 5.32 Å². The first kappa shape index (κ1) is 17.0. The van der Waals surface area contributed by atoms with Gasteiger partial charge in [0.1, 0.15) is 23.9 Å². The topological polar surface area (TPSA) is 60.0 Å². The van der Waals surface area contributed by atoms with Gasteiger partial charge in [-0.3, -0.25) is 4.79 Å². The molecule has 0 unspecified atom stereocenters. The Balaban J connectivity index is 1.64. The van der Waals surface area contributed by atoms with Crippen LogP contribution in [0, 0.1) is 0 Å². The molecular weight excluding hydrogens is 320 g/mol. The minimum atomic E-state index is -0.527. The number of ether oxygens (including phenoxy) is 3. The summed E-state index contributed by atoms with van der Waals surface area (Å²) in [6.07, 6.45) is -0.527. The van der Waals surface area contributed by atoms with Crippen LogP contribution in [-0.2, 0) is 4.79 Å². The van der Waals surface area contributed by atoms with E-state index < -0.39 is 6.10 Å². The molecule has 1 N–H and O–H groups in total. The molecule has 0 spiro atoms. The summed E-state index contributed by atoms with van der Waals surface area (Å²) in [5.74, 6) is 2.16. The van der Waals surface area contributed by atoms with Gasteiger partial charge in [0, 0.05) is 7.05 Å². The van der Waals surface area contributed by atoms with Gasteiger partial charge in [-0.25, -0.2) is 0 Å². The average Bonchev–Trinajstić information content (AvgIpc) is 2.67. The molecule has 1 heterocycles. The number of carbonyl (C=O) groups is 1. The van der Waals surface area contributed by atoms with Crippen molar-refractivity contribution >= 4 is 11.6 Å². The van der Waals surface area contributed by atoms with Gasteiger partial charge in [0.2, 0.25) is 0 Å². The van der Waals surface area contributed by atoms with Crippen molar-refractivity contribution in [1.29, 1.82) is 0 Å². The summed E-state index contributed by atoms with van der Waals surface area (Å²) < 4.78 is 16.7.